The Morgan fingerprint density at radius 1 is 1.35 bits per heavy atom. The Kier molecular flexibility index (Phi) is 5.98. The van der Waals surface area contributed by atoms with Crippen LogP contribution in [-0.4, -0.2) is 42.6 Å². The van der Waals surface area contributed by atoms with Crippen LogP contribution in [0.25, 0.3) is 0 Å². The lowest BCUT2D eigenvalue weighted by molar-refractivity contribution is -0.184. The summed E-state index contributed by atoms with van der Waals surface area (Å²) in [7, 11) is 0.992. The zero-order valence-corrected chi connectivity index (χ0v) is 10.0. The molecule has 0 aliphatic carbocycles. The molecule has 0 heterocycles. The second-order valence-electron chi connectivity index (χ2n) is 3.68. The van der Waals surface area contributed by atoms with Crippen molar-refractivity contribution in [1.29, 1.82) is 0 Å². The van der Waals surface area contributed by atoms with Gasteiger partial charge in [0.2, 0.25) is 0 Å². The van der Waals surface area contributed by atoms with E-state index in [4.69, 9.17) is 4.74 Å². The topological polar surface area (TPSA) is 46.6 Å². The first-order valence-electron chi connectivity index (χ1n) is 5.20. The zero-order chi connectivity index (χ0) is 13.6. The number of rotatable bonds is 5. The number of hydrogen-bond acceptors (Lipinski definition) is 3. The highest BCUT2D eigenvalue weighted by molar-refractivity contribution is 5.82. The Morgan fingerprint density at radius 2 is 1.88 bits per heavy atom. The van der Waals surface area contributed by atoms with Crippen LogP contribution in [-0.2, 0) is 14.3 Å². The van der Waals surface area contributed by atoms with Crippen LogP contribution >= 0.6 is 0 Å². The van der Waals surface area contributed by atoms with Crippen molar-refractivity contribution < 1.29 is 27.5 Å². The van der Waals surface area contributed by atoms with Gasteiger partial charge in [0.25, 0.3) is 0 Å². The molecular formula is C10H16F3NO3. The van der Waals surface area contributed by atoms with Gasteiger partial charge < -0.3 is 9.64 Å². The van der Waals surface area contributed by atoms with E-state index in [0.29, 0.717) is 11.3 Å². The summed E-state index contributed by atoms with van der Waals surface area (Å²) in [6.45, 7) is 3.19. The molecule has 0 aliphatic heterocycles. The summed E-state index contributed by atoms with van der Waals surface area (Å²) >= 11 is 0. The van der Waals surface area contributed by atoms with Gasteiger partial charge in [0.1, 0.15) is 0 Å². The van der Waals surface area contributed by atoms with E-state index in [1.807, 2.05) is 6.92 Å². The first-order valence-corrected chi connectivity index (χ1v) is 5.20. The first-order chi connectivity index (χ1) is 7.68. The van der Waals surface area contributed by atoms with Crippen molar-refractivity contribution in [3.63, 3.8) is 0 Å². The van der Waals surface area contributed by atoms with E-state index >= 15 is 0 Å². The molecule has 1 amide bonds. The van der Waals surface area contributed by atoms with Crippen LogP contribution in [0.15, 0.2) is 0 Å². The molecule has 0 saturated heterocycles. The van der Waals surface area contributed by atoms with Crippen molar-refractivity contribution in [2.24, 2.45) is 0 Å². The molecule has 1 unspecified atom stereocenters. The summed E-state index contributed by atoms with van der Waals surface area (Å²) in [5.41, 5.74) is 0. The molecule has 1 atom stereocenters. The van der Waals surface area contributed by atoms with E-state index in [9.17, 15) is 22.8 Å². The minimum atomic E-state index is -4.91. The van der Waals surface area contributed by atoms with Crippen LogP contribution in [0.5, 0.6) is 0 Å². The van der Waals surface area contributed by atoms with Gasteiger partial charge >= 0.3 is 18.1 Å². The minimum Gasteiger partial charge on any atom is -0.463 e. The fourth-order valence-electron chi connectivity index (χ4n) is 0.944. The largest absolute Gasteiger partial charge is 0.471 e. The number of ether oxygens (including phenoxy) is 1. The van der Waals surface area contributed by atoms with Crippen LogP contribution in [0.1, 0.15) is 26.7 Å². The lowest BCUT2D eigenvalue weighted by atomic mass is 10.3. The Labute approximate surface area is 97.7 Å². The molecular weight excluding hydrogens is 239 g/mol. The lowest BCUT2D eigenvalue weighted by Gasteiger charge is -2.18. The maximum Gasteiger partial charge on any atom is 0.471 e. The predicted octanol–water partition coefficient (Wildman–Crippen LogP) is 1.74. The molecule has 0 aromatic heterocycles. The number of amides is 1. The van der Waals surface area contributed by atoms with Gasteiger partial charge in [-0.15, -0.1) is 0 Å². The molecule has 0 spiro atoms. The molecule has 0 aliphatic rings. The molecule has 0 N–H and O–H groups in total. The van der Waals surface area contributed by atoms with Gasteiger partial charge in [0.05, 0.1) is 12.5 Å². The maximum atomic E-state index is 12.0. The number of alkyl halides is 3. The summed E-state index contributed by atoms with van der Waals surface area (Å²) in [4.78, 5) is 22.3. The fourth-order valence-corrected chi connectivity index (χ4v) is 0.944. The van der Waals surface area contributed by atoms with Gasteiger partial charge in [-0.05, 0) is 13.3 Å². The van der Waals surface area contributed by atoms with Gasteiger partial charge in [0, 0.05) is 13.6 Å². The minimum absolute atomic E-state index is 0.247. The van der Waals surface area contributed by atoms with Crippen molar-refractivity contribution >= 4 is 11.9 Å². The van der Waals surface area contributed by atoms with Crippen LogP contribution in [0, 0.1) is 0 Å². The highest BCUT2D eigenvalue weighted by Gasteiger charge is 2.41. The van der Waals surface area contributed by atoms with Gasteiger partial charge in [-0.25, -0.2) is 0 Å². The van der Waals surface area contributed by atoms with Gasteiger partial charge in [-0.2, -0.15) is 13.2 Å². The third kappa shape index (κ3) is 6.13. The van der Waals surface area contributed by atoms with Gasteiger partial charge in [0.15, 0.2) is 0 Å². The molecule has 0 aromatic rings. The SMILES string of the molecule is CCC(C)OC(=O)CCN(C)C(=O)C(F)(F)F. The average molecular weight is 255 g/mol. The number of nitrogens with zero attached hydrogens (tertiary/aromatic N) is 1. The predicted molar refractivity (Wildman–Crippen MR) is 54.2 cm³/mol. The van der Waals surface area contributed by atoms with E-state index < -0.39 is 18.1 Å². The van der Waals surface area contributed by atoms with Crippen LogP contribution in [0.4, 0.5) is 13.2 Å². The van der Waals surface area contributed by atoms with Crippen molar-refractivity contribution in [3.8, 4) is 0 Å². The smallest absolute Gasteiger partial charge is 0.463 e. The summed E-state index contributed by atoms with van der Waals surface area (Å²) in [6, 6.07) is 0. The highest BCUT2D eigenvalue weighted by atomic mass is 19.4. The van der Waals surface area contributed by atoms with Crippen LogP contribution in [0.3, 0.4) is 0 Å². The van der Waals surface area contributed by atoms with Crippen molar-refractivity contribution in [2.75, 3.05) is 13.6 Å². The normalized spacial score (nSPS) is 13.1. The van der Waals surface area contributed by atoms with Crippen molar-refractivity contribution in [2.45, 2.75) is 39.0 Å². The summed E-state index contributed by atoms with van der Waals surface area (Å²) in [5.74, 6) is -2.57. The molecule has 0 saturated carbocycles. The van der Waals surface area contributed by atoms with E-state index in [2.05, 4.69) is 0 Å². The molecule has 4 nitrogen and oxygen atoms in total. The Balaban J connectivity index is 4.04. The Bertz CT molecular complexity index is 278. The average Bonchev–Trinajstić information content (AvgIpc) is 2.23. The van der Waals surface area contributed by atoms with E-state index in [1.54, 1.807) is 6.92 Å². The highest BCUT2D eigenvalue weighted by Crippen LogP contribution is 2.17. The number of halogens is 3. The molecule has 100 valence electrons. The standard InChI is InChI=1S/C10H16F3NO3/c1-4-7(2)17-8(15)5-6-14(3)9(16)10(11,12)13/h7H,4-6H2,1-3H3. The fraction of sp³-hybridized carbons (Fsp3) is 0.800. The van der Waals surface area contributed by atoms with Crippen LogP contribution < -0.4 is 0 Å². The number of hydrogen-bond donors (Lipinski definition) is 0. The third-order valence-corrected chi connectivity index (χ3v) is 2.15. The van der Waals surface area contributed by atoms with Crippen molar-refractivity contribution in [3.05, 3.63) is 0 Å². The van der Waals surface area contributed by atoms with Gasteiger partial charge in [-0.3, -0.25) is 9.59 Å². The Hall–Kier alpha value is -1.27. The summed E-state index contributed by atoms with van der Waals surface area (Å²) in [5, 5.41) is 0. The summed E-state index contributed by atoms with van der Waals surface area (Å²) in [6.07, 6.45) is -4.80. The molecule has 0 aromatic carbocycles. The van der Waals surface area contributed by atoms with Crippen molar-refractivity contribution in [1.82, 2.24) is 4.90 Å². The first kappa shape index (κ1) is 15.7. The number of esters is 1. The molecule has 17 heavy (non-hydrogen) atoms. The molecule has 0 fully saturated rings. The van der Waals surface area contributed by atoms with E-state index in [-0.39, 0.29) is 19.1 Å². The second-order valence-corrected chi connectivity index (χ2v) is 3.68. The van der Waals surface area contributed by atoms with E-state index in [0.717, 1.165) is 7.05 Å². The molecule has 7 heteroatoms. The molecule has 0 bridgehead atoms. The monoisotopic (exact) mass is 255 g/mol. The van der Waals surface area contributed by atoms with E-state index in [1.165, 1.54) is 0 Å². The molecule has 0 rings (SSSR count). The van der Waals surface area contributed by atoms with Crippen LogP contribution in [0.2, 0.25) is 0 Å². The molecule has 0 radical (unpaired) electrons. The lowest BCUT2D eigenvalue weighted by Crippen LogP contribution is -2.39. The second kappa shape index (κ2) is 6.46. The number of carbonyl (C=O) groups is 2. The summed E-state index contributed by atoms with van der Waals surface area (Å²) < 4.78 is 40.8. The third-order valence-electron chi connectivity index (χ3n) is 2.15. The quantitative estimate of drug-likeness (QED) is 0.703. The number of carbonyl (C=O) groups excluding carboxylic acids is 2. The van der Waals surface area contributed by atoms with Gasteiger partial charge in [-0.1, -0.05) is 6.92 Å². The Morgan fingerprint density at radius 3 is 2.29 bits per heavy atom. The maximum absolute atomic E-state index is 12.0. The zero-order valence-electron chi connectivity index (χ0n) is 10.0.